The van der Waals surface area contributed by atoms with Crippen LogP contribution in [0, 0.1) is 6.92 Å². The molecule has 0 saturated carbocycles. The zero-order chi connectivity index (χ0) is 19.9. The number of nitrogens with zero attached hydrogens (tertiary/aromatic N) is 5. The topological polar surface area (TPSA) is 72.9 Å². The molecule has 6 nitrogen and oxygen atoms in total. The van der Waals surface area contributed by atoms with E-state index in [1.165, 1.54) is 6.07 Å². The van der Waals surface area contributed by atoms with E-state index in [1.54, 1.807) is 6.20 Å². The van der Waals surface area contributed by atoms with Crippen LogP contribution in [0.2, 0.25) is 0 Å². The number of fused-ring (bicyclic) bond motifs is 1. The molecule has 0 fully saturated rings. The lowest BCUT2D eigenvalue weighted by atomic mass is 10.1. The normalized spacial score (nSPS) is 14.9. The molecular weight excluding hydrogens is 369 g/mol. The van der Waals surface area contributed by atoms with Gasteiger partial charge in [-0.2, -0.15) is 18.3 Å². The van der Waals surface area contributed by atoms with Gasteiger partial charge in [-0.25, -0.2) is 4.98 Å². The average Bonchev–Trinajstić information content (AvgIpc) is 3.06. The van der Waals surface area contributed by atoms with Gasteiger partial charge in [0.2, 0.25) is 0 Å². The first-order valence-electron chi connectivity index (χ1n) is 8.85. The monoisotopic (exact) mass is 388 g/mol. The van der Waals surface area contributed by atoms with Crippen LogP contribution in [0.3, 0.4) is 0 Å². The summed E-state index contributed by atoms with van der Waals surface area (Å²) >= 11 is 0. The second-order valence-corrected chi connectivity index (χ2v) is 6.86. The van der Waals surface area contributed by atoms with Crippen molar-refractivity contribution in [1.29, 1.82) is 0 Å². The second kappa shape index (κ2) is 6.90. The maximum absolute atomic E-state index is 12.8. The number of nitrogens with two attached hydrogens (primary N) is 1. The number of hydrogen-bond acceptors (Lipinski definition) is 5. The Kier molecular flexibility index (Phi) is 4.54. The molecule has 0 atom stereocenters. The Morgan fingerprint density at radius 2 is 2.00 bits per heavy atom. The minimum atomic E-state index is -4.50. The molecule has 0 spiro atoms. The Morgan fingerprint density at radius 1 is 1.18 bits per heavy atom. The summed E-state index contributed by atoms with van der Waals surface area (Å²) in [7, 11) is 0. The Morgan fingerprint density at radius 3 is 2.71 bits per heavy atom. The van der Waals surface area contributed by atoms with Crippen molar-refractivity contribution in [3.63, 3.8) is 0 Å². The van der Waals surface area contributed by atoms with Crippen molar-refractivity contribution in [2.24, 2.45) is 0 Å². The van der Waals surface area contributed by atoms with E-state index in [1.807, 2.05) is 29.8 Å². The van der Waals surface area contributed by atoms with E-state index in [9.17, 15) is 13.2 Å². The summed E-state index contributed by atoms with van der Waals surface area (Å²) in [5.74, 6) is -0.0845. The molecule has 1 aliphatic heterocycles. The van der Waals surface area contributed by atoms with Crippen LogP contribution in [0.25, 0.3) is 11.4 Å². The summed E-state index contributed by atoms with van der Waals surface area (Å²) in [6.07, 6.45) is -2.75. The highest BCUT2D eigenvalue weighted by atomic mass is 19.4. The first kappa shape index (κ1) is 18.4. The molecular formula is C19H19F3N6. The Bertz CT molecular complexity index is 1010. The Labute approximate surface area is 159 Å². The number of hydrogen-bond donors (Lipinski definition) is 1. The molecule has 0 bridgehead atoms. The highest BCUT2D eigenvalue weighted by Gasteiger charge is 2.33. The van der Waals surface area contributed by atoms with Crippen LogP contribution in [-0.2, 0) is 25.8 Å². The van der Waals surface area contributed by atoms with Crippen LogP contribution < -0.4 is 5.73 Å². The number of alkyl halides is 3. The maximum Gasteiger partial charge on any atom is 0.433 e. The number of aromatic nitrogens is 4. The van der Waals surface area contributed by atoms with Crippen molar-refractivity contribution in [3.8, 4) is 11.4 Å². The van der Waals surface area contributed by atoms with Gasteiger partial charge in [0.15, 0.2) is 0 Å². The van der Waals surface area contributed by atoms with Crippen LogP contribution in [0.5, 0.6) is 0 Å². The van der Waals surface area contributed by atoms with Crippen molar-refractivity contribution in [2.75, 3.05) is 12.3 Å². The average molecular weight is 388 g/mol. The van der Waals surface area contributed by atoms with Gasteiger partial charge in [0.05, 0.1) is 17.9 Å². The molecule has 2 N–H and O–H groups in total. The van der Waals surface area contributed by atoms with Crippen LogP contribution in [0.1, 0.15) is 22.5 Å². The first-order valence-corrected chi connectivity index (χ1v) is 8.85. The van der Waals surface area contributed by atoms with E-state index in [2.05, 4.69) is 20.0 Å². The van der Waals surface area contributed by atoms with Crippen molar-refractivity contribution in [2.45, 2.75) is 32.7 Å². The van der Waals surface area contributed by atoms with Crippen molar-refractivity contribution in [1.82, 2.24) is 24.6 Å². The summed E-state index contributed by atoms with van der Waals surface area (Å²) in [5, 5.41) is 4.64. The van der Waals surface area contributed by atoms with Crippen molar-refractivity contribution in [3.05, 3.63) is 59.0 Å². The van der Waals surface area contributed by atoms with Crippen molar-refractivity contribution >= 4 is 5.82 Å². The third-order valence-corrected chi connectivity index (χ3v) is 4.83. The van der Waals surface area contributed by atoms with Gasteiger partial charge in [0.25, 0.3) is 0 Å². The fourth-order valence-electron chi connectivity index (χ4n) is 3.36. The number of aryl methyl sites for hydroxylation is 1. The minimum Gasteiger partial charge on any atom is -0.383 e. The fraction of sp³-hybridized carbons (Fsp3) is 0.316. The second-order valence-electron chi connectivity index (χ2n) is 6.86. The Balaban J connectivity index is 1.51. The van der Waals surface area contributed by atoms with Gasteiger partial charge in [0.1, 0.15) is 17.2 Å². The molecule has 9 heteroatoms. The largest absolute Gasteiger partial charge is 0.433 e. The lowest BCUT2D eigenvalue weighted by Crippen LogP contribution is -2.33. The quantitative estimate of drug-likeness (QED) is 0.746. The molecule has 0 aromatic carbocycles. The predicted octanol–water partition coefficient (Wildman–Crippen LogP) is 3.27. The van der Waals surface area contributed by atoms with Gasteiger partial charge in [-0.3, -0.25) is 14.6 Å². The highest BCUT2D eigenvalue weighted by molar-refractivity contribution is 5.58. The standard InChI is InChI=1S/C19H19F3N6/c1-12-3-2-6-24-17(12)15-9-14-11-27(7-8-28(14)26-15)10-13-4-5-16(19(20,21)22)25-18(13)23/h2-6,9H,7-8,10-11H2,1H3,(H2,23,25). The van der Waals surface area contributed by atoms with Crippen LogP contribution in [0.4, 0.5) is 19.0 Å². The zero-order valence-corrected chi connectivity index (χ0v) is 15.2. The first-order chi connectivity index (χ1) is 13.3. The van der Waals surface area contributed by atoms with E-state index in [0.717, 1.165) is 35.3 Å². The minimum absolute atomic E-state index is 0.0845. The molecule has 3 aromatic rings. The number of anilines is 1. The van der Waals surface area contributed by atoms with E-state index in [4.69, 9.17) is 5.73 Å². The summed E-state index contributed by atoms with van der Waals surface area (Å²) in [6.45, 7) is 4.46. The smallest absolute Gasteiger partial charge is 0.383 e. The van der Waals surface area contributed by atoms with E-state index in [-0.39, 0.29) is 5.82 Å². The number of halogens is 3. The summed E-state index contributed by atoms with van der Waals surface area (Å²) in [4.78, 5) is 10.0. The van der Waals surface area contributed by atoms with Gasteiger partial charge in [-0.15, -0.1) is 0 Å². The molecule has 4 rings (SSSR count). The SMILES string of the molecule is Cc1cccnc1-c1cc2n(n1)CCN(Cc1ccc(C(F)(F)F)nc1N)C2. The van der Waals surface area contributed by atoms with Gasteiger partial charge in [-0.1, -0.05) is 12.1 Å². The summed E-state index contributed by atoms with van der Waals surface area (Å²) in [5.41, 5.74) is 9.14. The molecule has 1 aliphatic rings. The van der Waals surface area contributed by atoms with Crippen LogP contribution in [0.15, 0.2) is 36.5 Å². The molecule has 3 aromatic heterocycles. The van der Waals surface area contributed by atoms with Crippen molar-refractivity contribution < 1.29 is 13.2 Å². The van der Waals surface area contributed by atoms with Crippen LogP contribution in [-0.4, -0.2) is 31.2 Å². The highest BCUT2D eigenvalue weighted by Crippen LogP contribution is 2.29. The van der Waals surface area contributed by atoms with E-state index >= 15 is 0 Å². The van der Waals surface area contributed by atoms with Gasteiger partial charge >= 0.3 is 6.18 Å². The fourth-order valence-corrected chi connectivity index (χ4v) is 3.36. The number of pyridine rings is 2. The third kappa shape index (κ3) is 3.57. The number of rotatable bonds is 3. The van der Waals surface area contributed by atoms with E-state index in [0.29, 0.717) is 25.2 Å². The van der Waals surface area contributed by atoms with Gasteiger partial charge in [0, 0.05) is 31.4 Å². The predicted molar refractivity (Wildman–Crippen MR) is 98.0 cm³/mol. The molecule has 146 valence electrons. The van der Waals surface area contributed by atoms with Gasteiger partial charge < -0.3 is 5.73 Å². The zero-order valence-electron chi connectivity index (χ0n) is 15.2. The lowest BCUT2D eigenvalue weighted by Gasteiger charge is -2.27. The molecule has 0 amide bonds. The Hall–Kier alpha value is -2.94. The molecule has 0 saturated heterocycles. The van der Waals surface area contributed by atoms with Gasteiger partial charge in [-0.05, 0) is 30.7 Å². The van der Waals surface area contributed by atoms with E-state index < -0.39 is 11.9 Å². The molecule has 0 radical (unpaired) electrons. The molecule has 4 heterocycles. The summed E-state index contributed by atoms with van der Waals surface area (Å²) in [6, 6.07) is 8.27. The molecule has 0 aliphatic carbocycles. The molecule has 0 unspecified atom stereocenters. The molecule has 28 heavy (non-hydrogen) atoms. The third-order valence-electron chi connectivity index (χ3n) is 4.83. The lowest BCUT2D eigenvalue weighted by molar-refractivity contribution is -0.141. The number of nitrogen functional groups attached to an aromatic ring is 1. The maximum atomic E-state index is 12.8. The summed E-state index contributed by atoms with van der Waals surface area (Å²) < 4.78 is 40.2. The van der Waals surface area contributed by atoms with Crippen LogP contribution >= 0.6 is 0 Å².